The number of nitriles is 1. The van der Waals surface area contributed by atoms with Crippen LogP contribution in [0.3, 0.4) is 0 Å². The molecular weight excluding hydrogens is 506 g/mol. The predicted molar refractivity (Wildman–Crippen MR) is 130 cm³/mol. The number of anilines is 1. The van der Waals surface area contributed by atoms with Crippen LogP contribution >= 0.6 is 27.5 Å². The summed E-state index contributed by atoms with van der Waals surface area (Å²) in [6.07, 6.45) is 0. The van der Waals surface area contributed by atoms with E-state index in [-0.39, 0.29) is 11.3 Å². The van der Waals surface area contributed by atoms with Crippen LogP contribution in [-0.4, -0.2) is 23.5 Å². The maximum absolute atomic E-state index is 12.9. The van der Waals surface area contributed by atoms with Crippen LogP contribution < -0.4 is 5.32 Å². The Morgan fingerprint density at radius 3 is 2.58 bits per heavy atom. The number of para-hydroxylation sites is 1. The molecule has 33 heavy (non-hydrogen) atoms. The van der Waals surface area contributed by atoms with Crippen molar-refractivity contribution in [3.63, 3.8) is 0 Å². The first-order valence-electron chi connectivity index (χ1n) is 9.77. The van der Waals surface area contributed by atoms with Crippen LogP contribution in [0.5, 0.6) is 0 Å². The van der Waals surface area contributed by atoms with E-state index in [4.69, 9.17) is 16.3 Å². The van der Waals surface area contributed by atoms with Crippen molar-refractivity contribution in [3.8, 4) is 17.3 Å². The Hall–Kier alpha value is -3.73. The van der Waals surface area contributed by atoms with Crippen molar-refractivity contribution in [3.05, 3.63) is 93.4 Å². The van der Waals surface area contributed by atoms with E-state index in [0.29, 0.717) is 27.2 Å². The maximum Gasteiger partial charge on any atom is 0.339 e. The number of nitrogens with one attached hydrogen (secondary N) is 1. The number of amides is 1. The zero-order valence-corrected chi connectivity index (χ0v) is 19.4. The van der Waals surface area contributed by atoms with E-state index in [1.807, 2.05) is 42.5 Å². The van der Waals surface area contributed by atoms with Crippen molar-refractivity contribution < 1.29 is 14.3 Å². The van der Waals surface area contributed by atoms with Crippen molar-refractivity contribution in [1.29, 1.82) is 5.26 Å². The number of ether oxygens (including phenoxy) is 1. The SMILES string of the molecule is N#Cc1ccc(Cl)cc1NC(=O)COC(=O)c1cc(-c2ccc(Br)cc2)nc2ccccc12. The molecule has 0 aliphatic rings. The van der Waals surface area contributed by atoms with Gasteiger partial charge in [0.05, 0.1) is 28.0 Å². The first-order chi connectivity index (χ1) is 15.9. The smallest absolute Gasteiger partial charge is 0.339 e. The molecule has 8 heteroatoms. The van der Waals surface area contributed by atoms with Gasteiger partial charge in [0.15, 0.2) is 6.61 Å². The lowest BCUT2D eigenvalue weighted by atomic mass is 10.0. The lowest BCUT2D eigenvalue weighted by Crippen LogP contribution is -2.21. The molecule has 1 amide bonds. The summed E-state index contributed by atoms with van der Waals surface area (Å²) in [5.41, 5.74) is 2.87. The molecule has 6 nitrogen and oxygen atoms in total. The fourth-order valence-electron chi connectivity index (χ4n) is 3.23. The number of carbonyl (C=O) groups excluding carboxylic acids is 2. The molecule has 1 heterocycles. The minimum atomic E-state index is -0.659. The minimum Gasteiger partial charge on any atom is -0.452 e. The number of hydrogen-bond acceptors (Lipinski definition) is 5. The molecule has 0 unspecified atom stereocenters. The molecule has 0 atom stereocenters. The van der Waals surface area contributed by atoms with Gasteiger partial charge < -0.3 is 10.1 Å². The second-order valence-electron chi connectivity index (χ2n) is 7.01. The zero-order valence-electron chi connectivity index (χ0n) is 17.0. The number of rotatable bonds is 5. The van der Waals surface area contributed by atoms with Gasteiger partial charge in [-0.1, -0.05) is 57.9 Å². The second kappa shape index (κ2) is 9.82. The van der Waals surface area contributed by atoms with Gasteiger partial charge in [-0.2, -0.15) is 5.26 Å². The summed E-state index contributed by atoms with van der Waals surface area (Å²) in [4.78, 5) is 29.9. The molecule has 0 radical (unpaired) electrons. The van der Waals surface area contributed by atoms with Crippen molar-refractivity contribution in [2.45, 2.75) is 0 Å². The topological polar surface area (TPSA) is 92.1 Å². The summed E-state index contributed by atoms with van der Waals surface area (Å²) in [7, 11) is 0. The first-order valence-corrected chi connectivity index (χ1v) is 10.9. The van der Waals surface area contributed by atoms with Gasteiger partial charge >= 0.3 is 5.97 Å². The molecule has 3 aromatic carbocycles. The van der Waals surface area contributed by atoms with Crippen LogP contribution in [0, 0.1) is 11.3 Å². The number of esters is 1. The first kappa shape index (κ1) is 22.5. The normalized spacial score (nSPS) is 10.5. The van der Waals surface area contributed by atoms with Gasteiger partial charge in [0, 0.05) is 20.4 Å². The second-order valence-corrected chi connectivity index (χ2v) is 8.36. The van der Waals surface area contributed by atoms with Crippen molar-refractivity contribution in [2.24, 2.45) is 0 Å². The maximum atomic E-state index is 12.9. The summed E-state index contributed by atoms with van der Waals surface area (Å²) in [5.74, 6) is -1.25. The number of pyridine rings is 1. The number of halogens is 2. The summed E-state index contributed by atoms with van der Waals surface area (Å²) < 4.78 is 6.21. The number of nitrogens with zero attached hydrogens (tertiary/aromatic N) is 2. The largest absolute Gasteiger partial charge is 0.452 e. The van der Waals surface area contributed by atoms with Crippen LogP contribution in [0.15, 0.2) is 77.3 Å². The van der Waals surface area contributed by atoms with Crippen molar-refractivity contribution >= 4 is 56.0 Å². The average Bonchev–Trinajstić information content (AvgIpc) is 2.82. The number of aromatic nitrogens is 1. The van der Waals surface area contributed by atoms with Crippen LogP contribution in [0.25, 0.3) is 22.2 Å². The van der Waals surface area contributed by atoms with Gasteiger partial charge in [-0.15, -0.1) is 0 Å². The quantitative estimate of drug-likeness (QED) is 0.327. The van der Waals surface area contributed by atoms with E-state index >= 15 is 0 Å². The third kappa shape index (κ3) is 5.20. The highest BCUT2D eigenvalue weighted by atomic mass is 79.9. The van der Waals surface area contributed by atoms with E-state index < -0.39 is 18.5 Å². The molecule has 1 N–H and O–H groups in total. The summed E-state index contributed by atoms with van der Waals surface area (Å²) >= 11 is 9.35. The monoisotopic (exact) mass is 519 g/mol. The summed E-state index contributed by atoms with van der Waals surface area (Å²) in [6.45, 7) is -0.527. The van der Waals surface area contributed by atoms with Crippen molar-refractivity contribution in [2.75, 3.05) is 11.9 Å². The lowest BCUT2D eigenvalue weighted by Gasteiger charge is -2.11. The van der Waals surface area contributed by atoms with Gasteiger partial charge in [0.2, 0.25) is 0 Å². The molecule has 0 fully saturated rings. The highest BCUT2D eigenvalue weighted by molar-refractivity contribution is 9.10. The van der Waals surface area contributed by atoms with Crippen LogP contribution in [0.4, 0.5) is 5.69 Å². The van der Waals surface area contributed by atoms with Crippen LogP contribution in [-0.2, 0) is 9.53 Å². The van der Waals surface area contributed by atoms with Crippen LogP contribution in [0.2, 0.25) is 5.02 Å². The number of fused-ring (bicyclic) bond motifs is 1. The lowest BCUT2D eigenvalue weighted by molar-refractivity contribution is -0.119. The molecule has 0 saturated carbocycles. The molecule has 4 rings (SSSR count). The number of benzene rings is 3. The van der Waals surface area contributed by atoms with Gasteiger partial charge in [-0.05, 0) is 42.5 Å². The van der Waals surface area contributed by atoms with Gasteiger partial charge in [0.1, 0.15) is 6.07 Å². The summed E-state index contributed by atoms with van der Waals surface area (Å²) in [6, 6.07) is 22.9. The fraction of sp³-hybridized carbons (Fsp3) is 0.0400. The number of carbonyl (C=O) groups is 2. The Morgan fingerprint density at radius 1 is 1.06 bits per heavy atom. The van der Waals surface area contributed by atoms with E-state index in [2.05, 4.69) is 26.2 Å². The van der Waals surface area contributed by atoms with Crippen molar-refractivity contribution in [1.82, 2.24) is 4.98 Å². The molecule has 0 bridgehead atoms. The van der Waals surface area contributed by atoms with E-state index in [1.165, 1.54) is 12.1 Å². The van der Waals surface area contributed by atoms with Gasteiger partial charge in [0.25, 0.3) is 5.91 Å². The standard InChI is InChI=1S/C25H15BrClN3O3/c26-17-8-5-15(6-9-17)23-12-20(19-3-1-2-4-21(19)29-23)25(32)33-14-24(31)30-22-11-18(27)10-7-16(22)13-28/h1-12H,14H2,(H,30,31). The Labute approximate surface area is 202 Å². The Balaban J connectivity index is 1.57. The highest BCUT2D eigenvalue weighted by Gasteiger charge is 2.17. The Kier molecular flexibility index (Phi) is 6.68. The van der Waals surface area contributed by atoms with Crippen LogP contribution in [0.1, 0.15) is 15.9 Å². The third-order valence-electron chi connectivity index (χ3n) is 4.79. The molecule has 0 spiro atoms. The molecule has 0 saturated heterocycles. The van der Waals surface area contributed by atoms with Gasteiger partial charge in [-0.3, -0.25) is 4.79 Å². The van der Waals surface area contributed by atoms with E-state index in [1.54, 1.807) is 24.3 Å². The molecule has 0 aliphatic carbocycles. The summed E-state index contributed by atoms with van der Waals surface area (Å²) in [5, 5.41) is 12.7. The Morgan fingerprint density at radius 2 is 1.82 bits per heavy atom. The average molecular weight is 521 g/mol. The number of hydrogen-bond donors (Lipinski definition) is 1. The molecule has 4 aromatic rings. The molecule has 0 aliphatic heterocycles. The van der Waals surface area contributed by atoms with E-state index in [9.17, 15) is 14.9 Å². The third-order valence-corrected chi connectivity index (χ3v) is 5.55. The predicted octanol–water partition coefficient (Wildman–Crippen LogP) is 5.98. The minimum absolute atomic E-state index is 0.248. The van der Waals surface area contributed by atoms with Gasteiger partial charge in [-0.25, -0.2) is 9.78 Å². The highest BCUT2D eigenvalue weighted by Crippen LogP contribution is 2.26. The van der Waals surface area contributed by atoms with E-state index in [0.717, 1.165) is 10.0 Å². The zero-order chi connectivity index (χ0) is 23.4. The molecule has 162 valence electrons. The molecular formula is C25H15BrClN3O3. The molecule has 1 aromatic heterocycles. The Bertz CT molecular complexity index is 1420. The fourth-order valence-corrected chi connectivity index (χ4v) is 3.66.